The molecule has 0 bridgehead atoms. The highest BCUT2D eigenvalue weighted by Crippen LogP contribution is 2.35. The number of hydrogen-bond acceptors (Lipinski definition) is 6. The molecule has 160 valence electrons. The van der Waals surface area contributed by atoms with Crippen molar-refractivity contribution < 1.29 is 19.0 Å². The van der Waals surface area contributed by atoms with Crippen LogP contribution in [0.5, 0.6) is 17.2 Å². The van der Waals surface area contributed by atoms with Crippen LogP contribution in [0.4, 0.5) is 5.69 Å². The van der Waals surface area contributed by atoms with Crippen LogP contribution < -0.4 is 24.8 Å². The second-order valence-electron chi connectivity index (χ2n) is 6.94. The molecule has 2 aromatic rings. The first-order chi connectivity index (χ1) is 14.5. The Morgan fingerprint density at radius 3 is 2.60 bits per heavy atom. The van der Waals surface area contributed by atoms with Crippen LogP contribution in [-0.4, -0.2) is 32.2 Å². The molecule has 30 heavy (non-hydrogen) atoms. The molecule has 2 N–H and O–H groups in total. The molecule has 6 nitrogen and oxygen atoms in total. The van der Waals surface area contributed by atoms with Gasteiger partial charge in [0.25, 0.3) is 5.91 Å². The maximum atomic E-state index is 12.5. The molecule has 1 fully saturated rings. The second-order valence-corrected chi connectivity index (χ2v) is 8.09. The van der Waals surface area contributed by atoms with Crippen LogP contribution in [0.3, 0.4) is 0 Å². The largest absolute Gasteiger partial charge is 0.495 e. The van der Waals surface area contributed by atoms with E-state index >= 15 is 0 Å². The average Bonchev–Trinajstić information content (AvgIpc) is 3.07. The van der Waals surface area contributed by atoms with Gasteiger partial charge in [-0.15, -0.1) is 0 Å². The predicted octanol–water partition coefficient (Wildman–Crippen LogP) is 4.79. The van der Waals surface area contributed by atoms with Crippen LogP contribution >= 0.6 is 11.8 Å². The number of ether oxygens (including phenoxy) is 3. The van der Waals surface area contributed by atoms with Crippen LogP contribution in [0, 0.1) is 6.92 Å². The summed E-state index contributed by atoms with van der Waals surface area (Å²) >= 11 is 1.43. The molecule has 0 aromatic heterocycles. The molecule has 1 unspecified atom stereocenters. The zero-order chi connectivity index (χ0) is 21.5. The summed E-state index contributed by atoms with van der Waals surface area (Å²) in [5.41, 5.74) is 2.54. The van der Waals surface area contributed by atoms with Crippen molar-refractivity contribution in [3.05, 3.63) is 52.4 Å². The monoisotopic (exact) mass is 428 g/mol. The normalized spacial score (nSPS) is 17.0. The van der Waals surface area contributed by atoms with Crippen LogP contribution in [0.1, 0.15) is 30.9 Å². The van der Waals surface area contributed by atoms with E-state index in [2.05, 4.69) is 17.6 Å². The average molecular weight is 429 g/mol. The van der Waals surface area contributed by atoms with Crippen molar-refractivity contribution in [2.75, 3.05) is 26.1 Å². The number of carbonyl (C=O) groups is 1. The highest BCUT2D eigenvalue weighted by atomic mass is 32.2. The van der Waals surface area contributed by atoms with Gasteiger partial charge in [-0.05, 0) is 54.8 Å². The fraction of sp³-hybridized carbons (Fsp3) is 0.348. The fourth-order valence-electron chi connectivity index (χ4n) is 3.01. The van der Waals surface area contributed by atoms with E-state index in [9.17, 15) is 4.79 Å². The molecule has 1 saturated heterocycles. The maximum absolute atomic E-state index is 12.5. The van der Waals surface area contributed by atoms with Crippen molar-refractivity contribution in [1.29, 1.82) is 0 Å². The van der Waals surface area contributed by atoms with Gasteiger partial charge in [0.05, 0.1) is 31.4 Å². The molecule has 1 aliphatic heterocycles. The molecule has 0 aliphatic carbocycles. The number of methoxy groups -OCH3 is 2. The molecule has 0 spiro atoms. The van der Waals surface area contributed by atoms with Gasteiger partial charge in [0.2, 0.25) is 0 Å². The maximum Gasteiger partial charge on any atom is 0.260 e. The van der Waals surface area contributed by atoms with Crippen molar-refractivity contribution >= 4 is 29.4 Å². The SMILES string of the molecule is CCCCOc1ccc(/C=C2\SC(Nc3cc(C)ccc3OC)NC2=O)cc1OC. The molecule has 1 atom stereocenters. The first-order valence-electron chi connectivity index (χ1n) is 9.95. The lowest BCUT2D eigenvalue weighted by Crippen LogP contribution is -2.31. The molecule has 1 aliphatic rings. The lowest BCUT2D eigenvalue weighted by molar-refractivity contribution is -0.116. The molecule has 1 heterocycles. The van der Waals surface area contributed by atoms with Crippen molar-refractivity contribution in [3.63, 3.8) is 0 Å². The van der Waals surface area contributed by atoms with E-state index in [4.69, 9.17) is 14.2 Å². The molecule has 1 amide bonds. The van der Waals surface area contributed by atoms with Crippen molar-refractivity contribution in [2.45, 2.75) is 32.2 Å². The minimum absolute atomic E-state index is 0.119. The highest BCUT2D eigenvalue weighted by molar-refractivity contribution is 8.05. The van der Waals surface area contributed by atoms with Gasteiger partial charge in [-0.2, -0.15) is 0 Å². The Labute approximate surface area is 182 Å². The number of aryl methyl sites for hydroxylation is 1. The summed E-state index contributed by atoms with van der Waals surface area (Å²) in [5.74, 6) is 1.98. The first kappa shape index (κ1) is 21.9. The van der Waals surface area contributed by atoms with Crippen LogP contribution in [-0.2, 0) is 4.79 Å². The van der Waals surface area contributed by atoms with Crippen molar-refractivity contribution in [1.82, 2.24) is 5.32 Å². The van der Waals surface area contributed by atoms with Gasteiger partial charge in [0.15, 0.2) is 17.0 Å². The standard InChI is InChI=1S/C23H28N2O4S/c1-5-6-11-29-19-10-8-16(13-20(19)28-4)14-21-22(26)25-23(30-21)24-17-12-15(2)7-9-18(17)27-3/h7-10,12-14,23-24H,5-6,11H2,1-4H3,(H,25,26)/b21-14-. The number of amides is 1. The number of nitrogens with one attached hydrogen (secondary N) is 2. The third-order valence-electron chi connectivity index (χ3n) is 4.61. The van der Waals surface area contributed by atoms with Crippen LogP contribution in [0.15, 0.2) is 41.3 Å². The fourth-order valence-corrected chi connectivity index (χ4v) is 3.99. The van der Waals surface area contributed by atoms with E-state index in [-0.39, 0.29) is 11.4 Å². The Balaban J connectivity index is 1.72. The van der Waals surface area contributed by atoms with Gasteiger partial charge < -0.3 is 24.8 Å². The number of carbonyl (C=O) groups excluding carboxylic acids is 1. The van der Waals surface area contributed by atoms with E-state index in [1.165, 1.54) is 11.8 Å². The lowest BCUT2D eigenvalue weighted by atomic mass is 10.2. The Bertz CT molecular complexity index is 929. The highest BCUT2D eigenvalue weighted by Gasteiger charge is 2.28. The Morgan fingerprint density at radius 1 is 1.10 bits per heavy atom. The van der Waals surface area contributed by atoms with E-state index < -0.39 is 0 Å². The van der Waals surface area contributed by atoms with Crippen LogP contribution in [0.2, 0.25) is 0 Å². The van der Waals surface area contributed by atoms with E-state index in [1.807, 2.05) is 49.4 Å². The Hall–Kier alpha value is -2.80. The summed E-state index contributed by atoms with van der Waals surface area (Å²) in [4.78, 5) is 13.1. The zero-order valence-corrected chi connectivity index (χ0v) is 18.6. The minimum Gasteiger partial charge on any atom is -0.495 e. The Kier molecular flexibility index (Phi) is 7.52. The van der Waals surface area contributed by atoms with Gasteiger partial charge in [-0.3, -0.25) is 4.79 Å². The summed E-state index contributed by atoms with van der Waals surface area (Å²) in [7, 11) is 3.25. The van der Waals surface area contributed by atoms with Crippen molar-refractivity contribution in [3.8, 4) is 17.2 Å². The van der Waals surface area contributed by atoms with E-state index in [0.717, 1.165) is 35.4 Å². The molecule has 3 rings (SSSR count). The third kappa shape index (κ3) is 5.42. The van der Waals surface area contributed by atoms with Crippen molar-refractivity contribution in [2.24, 2.45) is 0 Å². The first-order valence-corrected chi connectivity index (χ1v) is 10.8. The number of benzene rings is 2. The van der Waals surface area contributed by atoms with E-state index in [1.54, 1.807) is 14.2 Å². The number of unbranched alkanes of at least 4 members (excludes halogenated alkanes) is 1. The minimum atomic E-state index is -0.280. The number of anilines is 1. The summed E-state index contributed by atoms with van der Waals surface area (Å²) in [6.45, 7) is 4.79. The lowest BCUT2D eigenvalue weighted by Gasteiger charge is -2.16. The molecule has 0 saturated carbocycles. The predicted molar refractivity (Wildman–Crippen MR) is 122 cm³/mol. The topological polar surface area (TPSA) is 68.8 Å². The summed E-state index contributed by atoms with van der Waals surface area (Å²) in [6, 6.07) is 11.6. The molecule has 7 heteroatoms. The molecular formula is C23H28N2O4S. The molecular weight excluding hydrogens is 400 g/mol. The van der Waals surface area contributed by atoms with Gasteiger partial charge in [0, 0.05) is 0 Å². The van der Waals surface area contributed by atoms with Gasteiger partial charge in [-0.25, -0.2) is 0 Å². The summed E-state index contributed by atoms with van der Waals surface area (Å²) < 4.78 is 16.6. The van der Waals surface area contributed by atoms with Gasteiger partial charge >= 0.3 is 0 Å². The quantitative estimate of drug-likeness (QED) is 0.442. The van der Waals surface area contributed by atoms with Gasteiger partial charge in [0.1, 0.15) is 5.75 Å². The number of rotatable bonds is 9. The van der Waals surface area contributed by atoms with E-state index in [0.29, 0.717) is 23.0 Å². The molecule has 0 radical (unpaired) electrons. The molecule has 2 aromatic carbocycles. The zero-order valence-electron chi connectivity index (χ0n) is 17.8. The summed E-state index contributed by atoms with van der Waals surface area (Å²) in [5, 5.41) is 6.28. The van der Waals surface area contributed by atoms with Gasteiger partial charge in [-0.1, -0.05) is 37.2 Å². The third-order valence-corrected chi connectivity index (χ3v) is 5.64. The Morgan fingerprint density at radius 2 is 1.87 bits per heavy atom. The number of hydrogen-bond donors (Lipinski definition) is 2. The smallest absolute Gasteiger partial charge is 0.260 e. The van der Waals surface area contributed by atoms with Crippen LogP contribution in [0.25, 0.3) is 6.08 Å². The summed E-state index contributed by atoms with van der Waals surface area (Å²) in [6.07, 6.45) is 3.92. The number of thioether (sulfide) groups is 1. The second kappa shape index (κ2) is 10.3.